The summed E-state index contributed by atoms with van der Waals surface area (Å²) in [5.41, 5.74) is 0.712. The molecule has 1 aromatic carbocycles. The van der Waals surface area contributed by atoms with Crippen molar-refractivity contribution in [2.75, 3.05) is 13.1 Å². The zero-order valence-electron chi connectivity index (χ0n) is 12.1. The predicted octanol–water partition coefficient (Wildman–Crippen LogP) is 2.27. The molecule has 1 fully saturated rings. The summed E-state index contributed by atoms with van der Waals surface area (Å²) >= 11 is 0. The molecule has 0 bridgehead atoms. The molecule has 4 nitrogen and oxygen atoms in total. The molecule has 0 radical (unpaired) electrons. The monoisotopic (exact) mass is 293 g/mol. The largest absolute Gasteiger partial charge is 0.478 e. The van der Waals surface area contributed by atoms with Gasteiger partial charge in [0.15, 0.2) is 0 Å². The number of carbonyl (C=O) groups is 1. The first-order valence-electron chi connectivity index (χ1n) is 7.00. The van der Waals surface area contributed by atoms with Crippen LogP contribution in [0.15, 0.2) is 24.3 Å². The van der Waals surface area contributed by atoms with Crippen LogP contribution in [0.1, 0.15) is 30.9 Å². The van der Waals surface area contributed by atoms with Crippen molar-refractivity contribution in [1.82, 2.24) is 4.90 Å². The quantitative estimate of drug-likeness (QED) is 0.836. The Labute approximate surface area is 123 Å². The third kappa shape index (κ3) is 4.65. The highest BCUT2D eigenvalue weighted by Crippen LogP contribution is 2.23. The Morgan fingerprint density at radius 2 is 2.29 bits per heavy atom. The summed E-state index contributed by atoms with van der Waals surface area (Å²) < 4.78 is 13.3. The fraction of sp³-hybridized carbons (Fsp3) is 0.438. The lowest BCUT2D eigenvalue weighted by atomic mass is 9.94. The Morgan fingerprint density at radius 1 is 1.52 bits per heavy atom. The molecule has 0 spiro atoms. The summed E-state index contributed by atoms with van der Waals surface area (Å²) in [5, 5.41) is 18.8. The predicted molar refractivity (Wildman–Crippen MR) is 78.2 cm³/mol. The molecule has 0 amide bonds. The lowest BCUT2D eigenvalue weighted by Gasteiger charge is -2.37. The Bertz CT molecular complexity index is 554. The summed E-state index contributed by atoms with van der Waals surface area (Å²) in [7, 11) is 0. The minimum atomic E-state index is -1.06. The van der Waals surface area contributed by atoms with Gasteiger partial charge in [-0.05, 0) is 55.6 Å². The van der Waals surface area contributed by atoms with Gasteiger partial charge in [-0.2, -0.15) is 0 Å². The van der Waals surface area contributed by atoms with Crippen molar-refractivity contribution < 1.29 is 19.4 Å². The lowest BCUT2D eigenvalue weighted by Crippen LogP contribution is -2.45. The van der Waals surface area contributed by atoms with Crippen molar-refractivity contribution in [2.24, 2.45) is 0 Å². The van der Waals surface area contributed by atoms with E-state index in [-0.39, 0.29) is 0 Å². The highest BCUT2D eigenvalue weighted by molar-refractivity contribution is 5.85. The van der Waals surface area contributed by atoms with E-state index < -0.39 is 17.4 Å². The molecule has 2 N–H and O–H groups in total. The molecule has 1 heterocycles. The summed E-state index contributed by atoms with van der Waals surface area (Å²) in [6.45, 7) is 3.81. The number of benzene rings is 1. The fourth-order valence-electron chi connectivity index (χ4n) is 2.73. The molecule has 0 aliphatic carbocycles. The molecule has 1 aromatic rings. The Kier molecular flexibility index (Phi) is 4.75. The molecule has 114 valence electrons. The number of aliphatic hydroxyl groups is 1. The highest BCUT2D eigenvalue weighted by atomic mass is 19.1. The van der Waals surface area contributed by atoms with Crippen LogP contribution in [0.5, 0.6) is 0 Å². The van der Waals surface area contributed by atoms with Gasteiger partial charge >= 0.3 is 5.97 Å². The van der Waals surface area contributed by atoms with Gasteiger partial charge in [-0.3, -0.25) is 4.90 Å². The number of hydrogen-bond donors (Lipinski definition) is 2. The van der Waals surface area contributed by atoms with Gasteiger partial charge in [0.05, 0.1) is 5.60 Å². The first-order valence-corrected chi connectivity index (χ1v) is 7.00. The number of β-amino-alcohol motifs (C(OH)–C–C–N with tert-alkyl or cyclic N) is 1. The maximum absolute atomic E-state index is 13.3. The van der Waals surface area contributed by atoms with Crippen LogP contribution in [0.3, 0.4) is 0 Å². The van der Waals surface area contributed by atoms with Crippen molar-refractivity contribution >= 4 is 12.0 Å². The molecule has 1 aliphatic heterocycles. The number of carboxylic acids is 1. The van der Waals surface area contributed by atoms with Crippen LogP contribution in [0.4, 0.5) is 4.39 Å². The van der Waals surface area contributed by atoms with E-state index in [0.717, 1.165) is 31.0 Å². The molecule has 1 unspecified atom stereocenters. The highest BCUT2D eigenvalue weighted by Gasteiger charge is 2.28. The van der Waals surface area contributed by atoms with E-state index in [1.54, 1.807) is 6.07 Å². The normalized spacial score (nSPS) is 23.6. The Hall–Kier alpha value is -1.72. The number of piperidine rings is 1. The van der Waals surface area contributed by atoms with Crippen LogP contribution in [-0.4, -0.2) is 39.8 Å². The van der Waals surface area contributed by atoms with Crippen molar-refractivity contribution in [1.29, 1.82) is 0 Å². The SMILES string of the molecule is CC1(O)CCCN(Cc2ccc(F)cc2/C=C/C(=O)O)C1. The zero-order valence-corrected chi connectivity index (χ0v) is 12.1. The number of carboxylic acid groups (broad SMARTS) is 1. The van der Waals surface area contributed by atoms with E-state index in [1.807, 2.05) is 6.92 Å². The van der Waals surface area contributed by atoms with Gasteiger partial charge in [-0.1, -0.05) is 6.07 Å². The van der Waals surface area contributed by atoms with E-state index in [9.17, 15) is 14.3 Å². The first-order chi connectivity index (χ1) is 9.85. The minimum Gasteiger partial charge on any atom is -0.478 e. The zero-order chi connectivity index (χ0) is 15.5. The molecule has 5 heteroatoms. The maximum atomic E-state index is 13.3. The molecular formula is C16H20FNO3. The molecule has 2 rings (SSSR count). The minimum absolute atomic E-state index is 0.394. The van der Waals surface area contributed by atoms with Crippen LogP contribution in [-0.2, 0) is 11.3 Å². The smallest absolute Gasteiger partial charge is 0.328 e. The average Bonchev–Trinajstić information content (AvgIpc) is 2.38. The number of halogens is 1. The van der Waals surface area contributed by atoms with E-state index in [4.69, 9.17) is 5.11 Å². The third-order valence-electron chi connectivity index (χ3n) is 3.66. The Balaban J connectivity index is 2.17. The molecule has 1 aliphatic rings. The van der Waals surface area contributed by atoms with Crippen LogP contribution in [0, 0.1) is 5.82 Å². The summed E-state index contributed by atoms with van der Waals surface area (Å²) in [6.07, 6.45) is 4.10. The fourth-order valence-corrected chi connectivity index (χ4v) is 2.73. The maximum Gasteiger partial charge on any atom is 0.328 e. The number of rotatable bonds is 4. The molecule has 0 saturated carbocycles. The standard InChI is InChI=1S/C16H20FNO3/c1-16(21)7-2-8-18(11-16)10-13-3-5-14(17)9-12(13)4-6-15(19)20/h3-6,9,21H,2,7-8,10-11H2,1H3,(H,19,20)/b6-4+. The van der Waals surface area contributed by atoms with Crippen LogP contribution in [0.25, 0.3) is 6.08 Å². The van der Waals surface area contributed by atoms with Crippen molar-refractivity contribution in [3.05, 3.63) is 41.2 Å². The molecule has 21 heavy (non-hydrogen) atoms. The first kappa shape index (κ1) is 15.7. The van der Waals surface area contributed by atoms with Crippen LogP contribution in [0.2, 0.25) is 0 Å². The summed E-state index contributed by atoms with van der Waals surface area (Å²) in [4.78, 5) is 12.7. The second-order valence-corrected chi connectivity index (χ2v) is 5.83. The number of hydrogen-bond acceptors (Lipinski definition) is 3. The molecule has 1 atom stereocenters. The number of likely N-dealkylation sites (tertiary alicyclic amines) is 1. The van der Waals surface area contributed by atoms with Gasteiger partial charge in [0.25, 0.3) is 0 Å². The third-order valence-corrected chi connectivity index (χ3v) is 3.66. The second kappa shape index (κ2) is 6.37. The number of nitrogens with zero attached hydrogens (tertiary/aromatic N) is 1. The van der Waals surface area contributed by atoms with Crippen LogP contribution >= 0.6 is 0 Å². The summed E-state index contributed by atoms with van der Waals surface area (Å²) in [6, 6.07) is 4.37. The Morgan fingerprint density at radius 3 is 2.95 bits per heavy atom. The van der Waals surface area contributed by atoms with Crippen LogP contribution < -0.4 is 0 Å². The summed E-state index contributed by atoms with van der Waals surface area (Å²) in [5.74, 6) is -1.46. The van der Waals surface area contributed by atoms with Gasteiger partial charge in [0.2, 0.25) is 0 Å². The molecule has 0 aromatic heterocycles. The average molecular weight is 293 g/mol. The van der Waals surface area contributed by atoms with E-state index >= 15 is 0 Å². The van der Waals surface area contributed by atoms with Gasteiger partial charge in [0.1, 0.15) is 5.82 Å². The van der Waals surface area contributed by atoms with Crippen molar-refractivity contribution in [3.63, 3.8) is 0 Å². The van der Waals surface area contributed by atoms with Crippen molar-refractivity contribution in [3.8, 4) is 0 Å². The van der Waals surface area contributed by atoms with Gasteiger partial charge in [-0.15, -0.1) is 0 Å². The molecular weight excluding hydrogens is 273 g/mol. The van der Waals surface area contributed by atoms with Gasteiger partial charge in [0, 0.05) is 19.2 Å². The second-order valence-electron chi connectivity index (χ2n) is 5.83. The van der Waals surface area contributed by atoms with Crippen molar-refractivity contribution in [2.45, 2.75) is 31.9 Å². The van der Waals surface area contributed by atoms with Gasteiger partial charge < -0.3 is 10.2 Å². The lowest BCUT2D eigenvalue weighted by molar-refractivity contribution is -0.131. The topological polar surface area (TPSA) is 60.8 Å². The van der Waals surface area contributed by atoms with E-state index in [1.165, 1.54) is 18.2 Å². The number of aliphatic carboxylic acids is 1. The van der Waals surface area contributed by atoms with E-state index in [2.05, 4.69) is 4.90 Å². The molecule has 1 saturated heterocycles. The van der Waals surface area contributed by atoms with Gasteiger partial charge in [-0.25, -0.2) is 9.18 Å². The van der Waals surface area contributed by atoms with E-state index in [0.29, 0.717) is 18.7 Å².